The number of fused-ring (bicyclic) bond motifs is 3. The van der Waals surface area contributed by atoms with Crippen LogP contribution in [0.3, 0.4) is 0 Å². The molecule has 4 aliphatic heterocycles. The van der Waals surface area contributed by atoms with Gasteiger partial charge in [-0.05, 0) is 159 Å². The molecule has 0 aromatic heterocycles. The molecule has 1 spiro atoms. The van der Waals surface area contributed by atoms with Crippen molar-refractivity contribution in [2.45, 2.75) is 285 Å². The van der Waals surface area contributed by atoms with Gasteiger partial charge >= 0.3 is 12.4 Å². The van der Waals surface area contributed by atoms with Gasteiger partial charge in [0.05, 0.1) is 50.8 Å². The molecular formula is C81H123F8N13O14. The van der Waals surface area contributed by atoms with E-state index in [1.807, 2.05) is 0 Å². The Morgan fingerprint density at radius 1 is 0.595 bits per heavy atom. The van der Waals surface area contributed by atoms with Crippen LogP contribution in [0.4, 0.5) is 35.1 Å². The minimum atomic E-state index is -5.22. The molecule has 9 fully saturated rings. The fourth-order valence-electron chi connectivity index (χ4n) is 19.5. The summed E-state index contributed by atoms with van der Waals surface area (Å²) >= 11 is 0. The quantitative estimate of drug-likeness (QED) is 0.156. The van der Waals surface area contributed by atoms with Crippen LogP contribution in [0.2, 0.25) is 0 Å². The number of nitrogens with zero attached hydrogens (tertiary/aromatic N) is 10. The van der Waals surface area contributed by atoms with E-state index in [2.05, 4.69) is 22.0 Å². The number of ether oxygens (including phenoxy) is 2. The maximum absolute atomic E-state index is 15.9. The van der Waals surface area contributed by atoms with Gasteiger partial charge < -0.3 is 69.5 Å². The number of carbonyl (C=O) groups is 12. The van der Waals surface area contributed by atoms with Crippen LogP contribution in [-0.4, -0.2) is 301 Å². The Bertz CT molecular complexity index is 3500. The molecule has 2 bridgehead atoms. The summed E-state index contributed by atoms with van der Waals surface area (Å²) in [6.07, 6.45) is -13.4. The van der Waals surface area contributed by atoms with Crippen molar-refractivity contribution in [2.75, 3.05) is 101 Å². The fraction of sp³-hybridized carbons (Fsp3) is 0.840. The summed E-state index contributed by atoms with van der Waals surface area (Å²) in [6, 6.07) is -9.18. The average molecular weight is 1650 g/mol. The standard InChI is InChI=1S/C81H123F8N13O14/c1-10-48(3)68-76(112)95(5)47-66(105)96(6)59-23-13-12-16-32-101(75(59)111)63(40-49-24-27-54(28-25-49)80(84,85)86)73(109)94(4)46-64(103)91-58(29-26-51-38-56(82)67(57(83)39-51)81(87,88)89)72(108)102-45-55(116-11-2)42-61(102)71(107)93-79(30-18-31-79)78(114)99(9)69(53-21-14-15-22-53)77(113)98(8)62(74(110)100-33-35-115-36-34-100)43-65(104)97(7)60(70(106)92-68)41-50-19-17-20-52(37-50)44-90/h48-63,67-69H,10-43,45-47H2,1-9H3,(H,91,103)(H,92,106)(H,93,107)/t48-,49?,50?,51?,52?,54?,55+,56?,57?,58-,59-,60-,61-,62-,63-,67?,68-,69-/m0/s1. The number of amides is 12. The molecule has 5 aliphatic carbocycles. The van der Waals surface area contributed by atoms with Gasteiger partial charge in [-0.3, -0.25) is 57.5 Å². The number of hydrogen-bond acceptors (Lipinski definition) is 15. The maximum atomic E-state index is 15.9. The highest BCUT2D eigenvalue weighted by Crippen LogP contribution is 2.46. The lowest BCUT2D eigenvalue weighted by molar-refractivity contribution is -0.219. The smallest absolute Gasteiger partial charge is 0.378 e. The number of alkyl halides is 8. The Labute approximate surface area is 675 Å². The number of hydrogen-bond donors (Lipinski definition) is 3. The van der Waals surface area contributed by atoms with E-state index in [0.29, 0.717) is 83.5 Å². The van der Waals surface area contributed by atoms with Crippen LogP contribution >= 0.6 is 0 Å². The topological polar surface area (TPSA) is 312 Å². The van der Waals surface area contributed by atoms with E-state index in [4.69, 9.17) is 9.47 Å². The van der Waals surface area contributed by atoms with Crippen LogP contribution in [0.5, 0.6) is 0 Å². The SMILES string of the molecule is CCO[C@@H]1C[C@H]2C(=O)NC3(CCC3)C(=O)N(C)[C@@H](C3CCCC3)C(=O)N(C)[C@H](C(=O)N3CCOCC3)CC(=O)N(C)[C@@H](CC3CCCC(C#N)C3)C(=O)N[C@@H]([C@@H](C)CC)C(=O)N(C)CC(=O)N(C)[C@H]3CCCCCN(C3=O)[C@@H](CC3CCC(C(F)(F)F)CC3)C(=O)N(C)CC(=O)N[C@@H](CCC3CC(F)C(C(F)(F)F)C(F)C3)C(=O)N2C1. The Morgan fingerprint density at radius 2 is 1.23 bits per heavy atom. The second kappa shape index (κ2) is 40.5. The van der Waals surface area contributed by atoms with Gasteiger partial charge in [0.1, 0.15) is 72.1 Å². The molecule has 0 aromatic carbocycles. The normalized spacial score (nSPS) is 33.2. The minimum absolute atomic E-state index is 0.000776. The molecule has 5 saturated carbocycles. The van der Waals surface area contributed by atoms with Gasteiger partial charge in [0.25, 0.3) is 0 Å². The molecule has 14 atom stereocenters. The highest BCUT2D eigenvalue weighted by atomic mass is 19.4. The third-order valence-corrected chi connectivity index (χ3v) is 26.9. The molecule has 116 heavy (non-hydrogen) atoms. The molecule has 0 aromatic rings. The average Bonchev–Trinajstić information content (AvgIpc) is 1.31. The van der Waals surface area contributed by atoms with E-state index in [-0.39, 0.29) is 128 Å². The number of morpholine rings is 1. The van der Waals surface area contributed by atoms with Gasteiger partial charge in [0.2, 0.25) is 70.9 Å². The molecule has 9 rings (SSSR count). The van der Waals surface area contributed by atoms with Gasteiger partial charge in [-0.25, -0.2) is 8.78 Å². The summed E-state index contributed by atoms with van der Waals surface area (Å²) in [5.74, 6) is -17.5. The van der Waals surface area contributed by atoms with Crippen molar-refractivity contribution in [3.63, 3.8) is 0 Å². The van der Waals surface area contributed by atoms with Crippen LogP contribution < -0.4 is 16.0 Å². The highest BCUT2D eigenvalue weighted by molar-refractivity contribution is 6.01. The molecule has 35 heteroatoms. The molecule has 3 N–H and O–H groups in total. The molecule has 9 aliphatic rings. The zero-order valence-electron chi connectivity index (χ0n) is 68.8. The first-order valence-corrected chi connectivity index (χ1v) is 42.2. The van der Waals surface area contributed by atoms with Gasteiger partial charge in [0.15, 0.2) is 0 Å². The summed E-state index contributed by atoms with van der Waals surface area (Å²) in [6.45, 7) is 3.75. The number of carbonyl (C=O) groups excluding carboxylic acids is 12. The predicted molar refractivity (Wildman–Crippen MR) is 406 cm³/mol. The van der Waals surface area contributed by atoms with Crippen molar-refractivity contribution < 1.29 is 102 Å². The number of halogens is 8. The van der Waals surface area contributed by atoms with Gasteiger partial charge in [-0.2, -0.15) is 31.6 Å². The monoisotopic (exact) mass is 1650 g/mol. The predicted octanol–water partition coefficient (Wildman–Crippen LogP) is 7.02. The van der Waals surface area contributed by atoms with Gasteiger partial charge in [-0.15, -0.1) is 0 Å². The molecule has 27 nitrogen and oxygen atoms in total. The van der Waals surface area contributed by atoms with Crippen LogP contribution in [0, 0.1) is 58.7 Å². The van der Waals surface area contributed by atoms with Crippen molar-refractivity contribution >= 4 is 70.9 Å². The summed E-state index contributed by atoms with van der Waals surface area (Å²) in [7, 11) is 8.10. The van der Waals surface area contributed by atoms with Crippen molar-refractivity contribution in [3.8, 4) is 6.07 Å². The third-order valence-electron chi connectivity index (χ3n) is 26.9. The summed E-state index contributed by atoms with van der Waals surface area (Å²) in [5, 5.41) is 18.7. The summed E-state index contributed by atoms with van der Waals surface area (Å²) in [5.41, 5.74) is -1.72. The first-order valence-electron chi connectivity index (χ1n) is 42.2. The number of likely N-dealkylation sites (N-methyl/N-ethyl adjacent to an activating group) is 6. The Hall–Kier alpha value is -7.51. The zero-order valence-corrected chi connectivity index (χ0v) is 68.8. The van der Waals surface area contributed by atoms with Crippen LogP contribution in [0.1, 0.15) is 201 Å². The molecule has 4 saturated heterocycles. The molecule has 0 radical (unpaired) electrons. The van der Waals surface area contributed by atoms with Crippen molar-refractivity contribution in [1.82, 2.24) is 60.0 Å². The molecular weight excluding hydrogens is 1530 g/mol. The lowest BCUT2D eigenvalue weighted by atomic mass is 9.74. The first-order chi connectivity index (χ1) is 54.8. The van der Waals surface area contributed by atoms with Crippen LogP contribution in [-0.2, 0) is 67.0 Å². The van der Waals surface area contributed by atoms with E-state index >= 15 is 56.7 Å². The van der Waals surface area contributed by atoms with E-state index in [1.165, 1.54) is 61.9 Å². The van der Waals surface area contributed by atoms with Crippen molar-refractivity contribution in [3.05, 3.63) is 0 Å². The highest BCUT2D eigenvalue weighted by Gasteiger charge is 2.57. The lowest BCUT2D eigenvalue weighted by Crippen LogP contribution is -2.68. The Balaban J connectivity index is 1.12. The van der Waals surface area contributed by atoms with E-state index in [1.54, 1.807) is 20.8 Å². The second-order valence-electron chi connectivity index (χ2n) is 34.7. The third kappa shape index (κ3) is 22.3. The summed E-state index contributed by atoms with van der Waals surface area (Å²) in [4.78, 5) is 195. The van der Waals surface area contributed by atoms with Crippen LogP contribution in [0.25, 0.3) is 0 Å². The Kier molecular flexibility index (Phi) is 32.2. The molecule has 4 unspecified atom stereocenters. The van der Waals surface area contributed by atoms with E-state index < -0.39 is 230 Å². The second-order valence-corrected chi connectivity index (χ2v) is 34.7. The zero-order chi connectivity index (χ0) is 85.0. The van der Waals surface area contributed by atoms with Crippen molar-refractivity contribution in [2.24, 2.45) is 47.3 Å². The molecule has 4 heterocycles. The van der Waals surface area contributed by atoms with Gasteiger partial charge in [0, 0.05) is 87.4 Å². The van der Waals surface area contributed by atoms with E-state index in [9.17, 15) is 41.2 Å². The number of rotatable bonds is 13. The largest absolute Gasteiger partial charge is 0.397 e. The maximum Gasteiger partial charge on any atom is 0.397 e. The molecule has 652 valence electrons. The minimum Gasteiger partial charge on any atom is -0.378 e. The van der Waals surface area contributed by atoms with Crippen LogP contribution in [0.15, 0.2) is 0 Å². The summed E-state index contributed by atoms with van der Waals surface area (Å²) < 4.78 is 127. The Morgan fingerprint density at radius 3 is 1.84 bits per heavy atom. The number of nitrogens with one attached hydrogen (secondary N) is 3. The first kappa shape index (κ1) is 92.4. The van der Waals surface area contributed by atoms with Gasteiger partial charge in [-0.1, -0.05) is 58.8 Å². The van der Waals surface area contributed by atoms with E-state index in [0.717, 1.165) is 24.5 Å². The van der Waals surface area contributed by atoms with Crippen molar-refractivity contribution in [1.29, 1.82) is 5.26 Å². The lowest BCUT2D eigenvalue weighted by Gasteiger charge is -2.47. The number of nitriles is 1. The molecule has 12 amide bonds. The fourth-order valence-corrected chi connectivity index (χ4v) is 19.5.